The summed E-state index contributed by atoms with van der Waals surface area (Å²) in [7, 11) is 0. The van der Waals surface area contributed by atoms with Crippen molar-refractivity contribution >= 4 is 5.91 Å². The molecule has 0 bridgehead atoms. The molecule has 0 aromatic heterocycles. The molecular formula is C22H35NO3. The van der Waals surface area contributed by atoms with Crippen LogP contribution in [0.15, 0.2) is 24.3 Å². The molecule has 1 aromatic carbocycles. The lowest BCUT2D eigenvalue weighted by Gasteiger charge is -2.41. The fraction of sp³-hybridized carbons (Fsp3) is 0.682. The summed E-state index contributed by atoms with van der Waals surface area (Å²) >= 11 is 0. The molecule has 1 N–H and O–H groups in total. The van der Waals surface area contributed by atoms with Crippen LogP contribution in [0.4, 0.5) is 0 Å². The molecular weight excluding hydrogens is 326 g/mol. The van der Waals surface area contributed by atoms with Gasteiger partial charge in [-0.1, -0.05) is 39.3 Å². The van der Waals surface area contributed by atoms with Crippen LogP contribution in [0.25, 0.3) is 0 Å². The van der Waals surface area contributed by atoms with Crippen molar-refractivity contribution in [2.24, 2.45) is 5.92 Å². The van der Waals surface area contributed by atoms with Gasteiger partial charge in [-0.05, 0) is 56.7 Å². The topological polar surface area (TPSA) is 49.8 Å². The van der Waals surface area contributed by atoms with Gasteiger partial charge in [-0.25, -0.2) is 0 Å². The maximum atomic E-state index is 13.1. The Kier molecular flexibility index (Phi) is 6.73. The van der Waals surface area contributed by atoms with Crippen molar-refractivity contribution in [2.45, 2.75) is 71.3 Å². The van der Waals surface area contributed by atoms with Gasteiger partial charge in [0.1, 0.15) is 5.75 Å². The second-order valence-corrected chi connectivity index (χ2v) is 8.62. The molecule has 1 aliphatic heterocycles. The first-order chi connectivity index (χ1) is 12.2. The minimum Gasteiger partial charge on any atom is -0.493 e. The van der Waals surface area contributed by atoms with Crippen molar-refractivity contribution in [1.29, 1.82) is 0 Å². The number of benzene rings is 1. The molecule has 1 fully saturated rings. The predicted octanol–water partition coefficient (Wildman–Crippen LogP) is 4.15. The van der Waals surface area contributed by atoms with Crippen LogP contribution in [0.3, 0.4) is 0 Å². The van der Waals surface area contributed by atoms with Crippen LogP contribution in [0.2, 0.25) is 0 Å². The summed E-state index contributed by atoms with van der Waals surface area (Å²) in [6, 6.07) is 7.88. The van der Waals surface area contributed by atoms with E-state index in [1.165, 1.54) is 0 Å². The van der Waals surface area contributed by atoms with Crippen molar-refractivity contribution in [1.82, 2.24) is 4.90 Å². The van der Waals surface area contributed by atoms with Crippen LogP contribution in [0, 0.1) is 5.92 Å². The zero-order chi connectivity index (χ0) is 19.4. The van der Waals surface area contributed by atoms with Crippen LogP contribution in [-0.2, 0) is 10.2 Å². The quantitative estimate of drug-likeness (QED) is 0.793. The number of hydrogen-bond donors (Lipinski definition) is 1. The number of ether oxygens (including phenoxy) is 1. The van der Waals surface area contributed by atoms with Crippen molar-refractivity contribution in [3.8, 4) is 5.75 Å². The van der Waals surface area contributed by atoms with Crippen LogP contribution in [0.1, 0.15) is 65.9 Å². The maximum Gasteiger partial charge on any atom is 0.232 e. The van der Waals surface area contributed by atoms with Gasteiger partial charge in [0, 0.05) is 13.1 Å². The molecule has 4 nitrogen and oxygen atoms in total. The highest BCUT2D eigenvalue weighted by molar-refractivity contribution is 5.87. The first kappa shape index (κ1) is 20.8. The highest BCUT2D eigenvalue weighted by Crippen LogP contribution is 2.32. The van der Waals surface area contributed by atoms with Crippen LogP contribution in [0.5, 0.6) is 5.75 Å². The van der Waals surface area contributed by atoms with Crippen LogP contribution < -0.4 is 4.74 Å². The summed E-state index contributed by atoms with van der Waals surface area (Å²) in [5.41, 5.74) is -0.184. The molecule has 1 aromatic rings. The van der Waals surface area contributed by atoms with Gasteiger partial charge >= 0.3 is 0 Å². The Morgan fingerprint density at radius 2 is 1.81 bits per heavy atom. The fourth-order valence-corrected chi connectivity index (χ4v) is 3.59. The van der Waals surface area contributed by atoms with Crippen LogP contribution in [-0.4, -0.2) is 41.2 Å². The standard InChI is InChI=1S/C22H35NO3/c1-6-11-22(25)12-14-23(15-13-22)20(24)21(4,5)18-7-9-19(10-8-18)26-16-17(2)3/h7-10,17,25H,6,11-16H2,1-5H3. The zero-order valence-corrected chi connectivity index (χ0v) is 17.0. The number of piperidine rings is 1. The van der Waals surface area contributed by atoms with E-state index in [1.54, 1.807) is 0 Å². The molecule has 0 unspecified atom stereocenters. The van der Waals surface area contributed by atoms with Gasteiger partial charge in [-0.2, -0.15) is 0 Å². The lowest BCUT2D eigenvalue weighted by molar-refractivity contribution is -0.140. The molecule has 1 amide bonds. The second-order valence-electron chi connectivity index (χ2n) is 8.62. The summed E-state index contributed by atoms with van der Waals surface area (Å²) in [5.74, 6) is 1.46. The van der Waals surface area contributed by atoms with E-state index >= 15 is 0 Å². The Bertz CT molecular complexity index is 584. The average Bonchev–Trinajstić information content (AvgIpc) is 2.60. The molecule has 2 rings (SSSR count). The Morgan fingerprint density at radius 1 is 1.23 bits per heavy atom. The summed E-state index contributed by atoms with van der Waals surface area (Å²) in [5, 5.41) is 10.6. The summed E-state index contributed by atoms with van der Waals surface area (Å²) < 4.78 is 5.73. The van der Waals surface area contributed by atoms with E-state index < -0.39 is 11.0 Å². The van der Waals surface area contributed by atoms with E-state index in [0.717, 1.165) is 24.2 Å². The number of nitrogens with zero attached hydrogens (tertiary/aromatic N) is 1. The average molecular weight is 362 g/mol. The van der Waals surface area contributed by atoms with E-state index in [-0.39, 0.29) is 5.91 Å². The number of hydrogen-bond acceptors (Lipinski definition) is 3. The molecule has 0 saturated carbocycles. The summed E-state index contributed by atoms with van der Waals surface area (Å²) in [4.78, 5) is 15.0. The summed E-state index contributed by atoms with van der Waals surface area (Å²) in [6.45, 7) is 12.2. The highest BCUT2D eigenvalue weighted by atomic mass is 16.5. The predicted molar refractivity (Wildman–Crippen MR) is 105 cm³/mol. The van der Waals surface area contributed by atoms with Crippen molar-refractivity contribution in [3.05, 3.63) is 29.8 Å². The smallest absolute Gasteiger partial charge is 0.232 e. The van der Waals surface area contributed by atoms with Gasteiger partial charge in [0.15, 0.2) is 0 Å². The van der Waals surface area contributed by atoms with E-state index in [1.807, 2.05) is 43.0 Å². The first-order valence-corrected chi connectivity index (χ1v) is 9.93. The third-order valence-corrected chi connectivity index (χ3v) is 5.39. The Labute approximate surface area is 158 Å². The van der Waals surface area contributed by atoms with E-state index in [9.17, 15) is 9.90 Å². The number of rotatable bonds is 7. The molecule has 0 radical (unpaired) electrons. The number of carbonyl (C=O) groups is 1. The van der Waals surface area contributed by atoms with Gasteiger partial charge < -0.3 is 14.7 Å². The lowest BCUT2D eigenvalue weighted by atomic mass is 9.81. The monoisotopic (exact) mass is 361 g/mol. The van der Waals surface area contributed by atoms with Crippen molar-refractivity contribution in [2.75, 3.05) is 19.7 Å². The van der Waals surface area contributed by atoms with Crippen LogP contribution >= 0.6 is 0 Å². The molecule has 0 atom stereocenters. The molecule has 1 heterocycles. The van der Waals surface area contributed by atoms with Gasteiger partial charge in [0.05, 0.1) is 17.6 Å². The number of carbonyl (C=O) groups excluding carboxylic acids is 1. The van der Waals surface area contributed by atoms with E-state index in [0.29, 0.717) is 38.5 Å². The molecule has 26 heavy (non-hydrogen) atoms. The number of likely N-dealkylation sites (tertiary alicyclic amines) is 1. The molecule has 0 spiro atoms. The molecule has 4 heteroatoms. The number of amides is 1. The van der Waals surface area contributed by atoms with Gasteiger partial charge in [-0.3, -0.25) is 4.79 Å². The van der Waals surface area contributed by atoms with E-state index in [4.69, 9.17) is 4.74 Å². The zero-order valence-electron chi connectivity index (χ0n) is 17.0. The lowest BCUT2D eigenvalue weighted by Crippen LogP contribution is -2.51. The van der Waals surface area contributed by atoms with Crippen molar-refractivity contribution < 1.29 is 14.6 Å². The molecule has 146 valence electrons. The van der Waals surface area contributed by atoms with E-state index in [2.05, 4.69) is 20.8 Å². The SMILES string of the molecule is CCCC1(O)CCN(C(=O)C(C)(C)c2ccc(OCC(C)C)cc2)CC1. The minimum absolute atomic E-state index is 0.131. The largest absolute Gasteiger partial charge is 0.493 e. The normalized spacial score (nSPS) is 17.4. The highest BCUT2D eigenvalue weighted by Gasteiger charge is 2.38. The Balaban J connectivity index is 2.01. The fourth-order valence-electron chi connectivity index (χ4n) is 3.59. The van der Waals surface area contributed by atoms with Gasteiger partial charge in [0.25, 0.3) is 0 Å². The third-order valence-electron chi connectivity index (χ3n) is 5.39. The third kappa shape index (κ3) is 5.00. The van der Waals surface area contributed by atoms with Crippen molar-refractivity contribution in [3.63, 3.8) is 0 Å². The summed E-state index contributed by atoms with van der Waals surface area (Å²) in [6.07, 6.45) is 3.13. The molecule has 1 saturated heterocycles. The van der Waals surface area contributed by atoms with Gasteiger partial charge in [0.2, 0.25) is 5.91 Å². The Morgan fingerprint density at radius 3 is 2.31 bits per heavy atom. The molecule has 0 aliphatic carbocycles. The minimum atomic E-state index is -0.592. The maximum absolute atomic E-state index is 13.1. The molecule has 1 aliphatic rings. The Hall–Kier alpha value is -1.55. The second kappa shape index (κ2) is 8.43. The van der Waals surface area contributed by atoms with Gasteiger partial charge in [-0.15, -0.1) is 0 Å². The number of aliphatic hydroxyl groups is 1. The first-order valence-electron chi connectivity index (χ1n) is 9.93.